The highest BCUT2D eigenvalue weighted by Crippen LogP contribution is 2.11. The maximum absolute atomic E-state index is 5.22. The van der Waals surface area contributed by atoms with E-state index in [4.69, 9.17) is 24.4 Å². The molecule has 0 aliphatic heterocycles. The summed E-state index contributed by atoms with van der Waals surface area (Å²) >= 11 is 19.1. The van der Waals surface area contributed by atoms with Gasteiger partial charge in [0.25, 0.3) is 0 Å². The molecule has 0 aromatic heterocycles. The number of thiocarbonyl (C=S) groups is 2. The minimum absolute atomic E-state index is 0.753. The van der Waals surface area contributed by atoms with E-state index in [0.717, 1.165) is 34.8 Å². The van der Waals surface area contributed by atoms with Crippen molar-refractivity contribution >= 4 is 58.3 Å². The van der Waals surface area contributed by atoms with Gasteiger partial charge in [-0.1, -0.05) is 83.2 Å². The first-order chi connectivity index (χ1) is 12.0. The van der Waals surface area contributed by atoms with E-state index in [1.54, 1.807) is 0 Å². The van der Waals surface area contributed by atoms with Gasteiger partial charge in [-0.05, 0) is 25.7 Å². The Hall–Kier alpha value is 0.480. The highest BCUT2D eigenvalue weighted by molar-refractivity contribution is 8.11. The molecule has 0 aromatic carbocycles. The van der Waals surface area contributed by atoms with Gasteiger partial charge in [-0.3, -0.25) is 0 Å². The Morgan fingerprint density at radius 3 is 1.12 bits per heavy atom. The number of hydrogen-bond donors (Lipinski definition) is 2. The number of rotatable bonds is 16. The SMILES string of the molecule is CCCCN(CCCCCCCCCN(CCCC)C(=S)S)C(=S)S. The lowest BCUT2D eigenvalue weighted by molar-refractivity contribution is 0.395. The van der Waals surface area contributed by atoms with E-state index in [2.05, 4.69) is 48.9 Å². The Balaban J connectivity index is 3.59. The summed E-state index contributed by atoms with van der Waals surface area (Å²) in [6.45, 7) is 8.67. The predicted octanol–water partition coefficient (Wildman–Crippen LogP) is 6.35. The van der Waals surface area contributed by atoms with Crippen LogP contribution in [-0.4, -0.2) is 44.6 Å². The van der Waals surface area contributed by atoms with Gasteiger partial charge in [-0.2, -0.15) is 0 Å². The van der Waals surface area contributed by atoms with Crippen LogP contribution in [0.5, 0.6) is 0 Å². The van der Waals surface area contributed by atoms with Gasteiger partial charge in [-0.15, -0.1) is 25.3 Å². The van der Waals surface area contributed by atoms with Crippen molar-refractivity contribution in [1.29, 1.82) is 0 Å². The van der Waals surface area contributed by atoms with Gasteiger partial charge in [0, 0.05) is 26.2 Å². The molecule has 0 saturated carbocycles. The van der Waals surface area contributed by atoms with Crippen molar-refractivity contribution in [3.05, 3.63) is 0 Å². The molecule has 6 heteroatoms. The van der Waals surface area contributed by atoms with Crippen molar-refractivity contribution < 1.29 is 0 Å². The number of hydrogen-bond acceptors (Lipinski definition) is 2. The maximum atomic E-state index is 5.22. The monoisotopic (exact) mass is 422 g/mol. The molecule has 0 aromatic rings. The lowest BCUT2D eigenvalue weighted by Crippen LogP contribution is -2.28. The van der Waals surface area contributed by atoms with Gasteiger partial charge in [-0.25, -0.2) is 0 Å². The molecule has 0 rings (SSSR count). The molecular weight excluding hydrogens is 384 g/mol. The summed E-state index contributed by atoms with van der Waals surface area (Å²) in [7, 11) is 0. The molecule has 0 saturated heterocycles. The fourth-order valence-electron chi connectivity index (χ4n) is 2.79. The quantitative estimate of drug-likeness (QED) is 0.170. The summed E-state index contributed by atoms with van der Waals surface area (Å²) in [4.78, 5) is 4.49. The fraction of sp³-hybridized carbons (Fsp3) is 0.895. The Kier molecular flexibility index (Phi) is 18.2. The third-order valence-corrected chi connectivity index (χ3v) is 5.54. The summed E-state index contributed by atoms with van der Waals surface area (Å²) in [6, 6.07) is 0. The van der Waals surface area contributed by atoms with Gasteiger partial charge in [0.05, 0.1) is 0 Å². The van der Waals surface area contributed by atoms with Crippen LogP contribution < -0.4 is 0 Å². The fourth-order valence-corrected chi connectivity index (χ4v) is 3.56. The molecule has 0 bridgehead atoms. The zero-order valence-electron chi connectivity index (χ0n) is 16.2. The second-order valence-electron chi connectivity index (χ2n) is 6.72. The molecule has 0 atom stereocenters. The van der Waals surface area contributed by atoms with Crippen LogP contribution in [-0.2, 0) is 0 Å². The molecule has 0 aliphatic carbocycles. The normalized spacial score (nSPS) is 10.7. The molecule has 0 heterocycles. The van der Waals surface area contributed by atoms with Crippen LogP contribution in [0.15, 0.2) is 0 Å². The van der Waals surface area contributed by atoms with Crippen LogP contribution in [0.2, 0.25) is 0 Å². The molecule has 0 spiro atoms. The van der Waals surface area contributed by atoms with E-state index in [-0.39, 0.29) is 0 Å². The summed E-state index contributed by atoms with van der Waals surface area (Å²) in [5.41, 5.74) is 0. The van der Waals surface area contributed by atoms with E-state index in [9.17, 15) is 0 Å². The summed E-state index contributed by atoms with van der Waals surface area (Å²) in [5.74, 6) is 0. The van der Waals surface area contributed by atoms with Crippen LogP contribution in [0, 0.1) is 0 Å². The van der Waals surface area contributed by atoms with Crippen molar-refractivity contribution in [2.24, 2.45) is 0 Å². The van der Waals surface area contributed by atoms with Crippen molar-refractivity contribution in [3.8, 4) is 0 Å². The van der Waals surface area contributed by atoms with Gasteiger partial charge in [0.2, 0.25) is 0 Å². The second kappa shape index (κ2) is 17.9. The molecule has 148 valence electrons. The largest absolute Gasteiger partial charge is 0.358 e. The Labute approximate surface area is 178 Å². The number of unbranched alkanes of at least 4 members (excludes halogenated alkanes) is 8. The van der Waals surface area contributed by atoms with Gasteiger partial charge in [0.1, 0.15) is 8.64 Å². The highest BCUT2D eigenvalue weighted by Gasteiger charge is 2.06. The lowest BCUT2D eigenvalue weighted by Gasteiger charge is -2.22. The van der Waals surface area contributed by atoms with Gasteiger partial charge < -0.3 is 9.80 Å². The Morgan fingerprint density at radius 1 is 0.560 bits per heavy atom. The molecule has 0 radical (unpaired) electrons. The van der Waals surface area contributed by atoms with Crippen LogP contribution in [0.25, 0.3) is 0 Å². The smallest absolute Gasteiger partial charge is 0.133 e. The average molecular weight is 423 g/mol. The number of nitrogens with zero attached hydrogens (tertiary/aromatic N) is 2. The second-order valence-corrected chi connectivity index (χ2v) is 8.95. The predicted molar refractivity (Wildman–Crippen MR) is 128 cm³/mol. The van der Waals surface area contributed by atoms with E-state index in [0.29, 0.717) is 0 Å². The van der Waals surface area contributed by atoms with E-state index >= 15 is 0 Å². The maximum Gasteiger partial charge on any atom is 0.133 e. The summed E-state index contributed by atoms with van der Waals surface area (Å²) < 4.78 is 1.51. The van der Waals surface area contributed by atoms with Crippen molar-refractivity contribution in [1.82, 2.24) is 9.80 Å². The molecule has 0 aliphatic rings. The van der Waals surface area contributed by atoms with Crippen molar-refractivity contribution in [2.75, 3.05) is 26.2 Å². The Morgan fingerprint density at radius 2 is 0.840 bits per heavy atom. The minimum Gasteiger partial charge on any atom is -0.358 e. The average Bonchev–Trinajstić information content (AvgIpc) is 2.57. The molecule has 25 heavy (non-hydrogen) atoms. The standard InChI is InChI=1S/C19H38N2S4/c1-3-5-14-20(18(22)23)16-12-10-8-7-9-11-13-17-21(19(24)25)15-6-4-2/h3-17H2,1-2H3,(H,22,23)(H,24,25). The molecule has 0 unspecified atom stereocenters. The third-order valence-electron chi connectivity index (χ3n) is 4.46. The summed E-state index contributed by atoms with van der Waals surface area (Å²) in [5, 5.41) is 0. The van der Waals surface area contributed by atoms with Gasteiger partial charge in [0.15, 0.2) is 0 Å². The zero-order valence-corrected chi connectivity index (χ0v) is 19.6. The topological polar surface area (TPSA) is 6.48 Å². The molecule has 0 amide bonds. The zero-order chi connectivity index (χ0) is 18.9. The van der Waals surface area contributed by atoms with Crippen molar-refractivity contribution in [3.63, 3.8) is 0 Å². The first-order valence-corrected chi connectivity index (χ1v) is 11.7. The number of thiol groups is 2. The van der Waals surface area contributed by atoms with Crippen LogP contribution in [0.3, 0.4) is 0 Å². The van der Waals surface area contributed by atoms with Crippen LogP contribution >= 0.6 is 49.7 Å². The Bertz CT molecular complexity index is 318. The first-order valence-electron chi connectivity index (χ1n) is 9.98. The third kappa shape index (κ3) is 15.3. The lowest BCUT2D eigenvalue weighted by atomic mass is 10.1. The molecule has 0 N–H and O–H groups in total. The molecule has 2 nitrogen and oxygen atoms in total. The molecule has 0 fully saturated rings. The van der Waals surface area contributed by atoms with E-state index in [1.807, 2.05) is 0 Å². The van der Waals surface area contributed by atoms with E-state index < -0.39 is 0 Å². The highest BCUT2D eigenvalue weighted by atomic mass is 32.1. The van der Waals surface area contributed by atoms with Crippen LogP contribution in [0.1, 0.15) is 84.5 Å². The minimum atomic E-state index is 0.753. The van der Waals surface area contributed by atoms with E-state index in [1.165, 1.54) is 70.6 Å². The molecular formula is C19H38N2S4. The first kappa shape index (κ1) is 25.5. The van der Waals surface area contributed by atoms with Crippen molar-refractivity contribution in [2.45, 2.75) is 84.5 Å². The van der Waals surface area contributed by atoms with Crippen LogP contribution in [0.4, 0.5) is 0 Å². The summed E-state index contributed by atoms with van der Waals surface area (Å²) in [6.07, 6.45) is 13.8. The van der Waals surface area contributed by atoms with Gasteiger partial charge >= 0.3 is 0 Å².